The van der Waals surface area contributed by atoms with Gasteiger partial charge in [0.25, 0.3) is 0 Å². The number of carbonyl (C=O) groups is 1. The fourth-order valence-electron chi connectivity index (χ4n) is 3.58. The van der Waals surface area contributed by atoms with Crippen LogP contribution in [0, 0.1) is 6.92 Å². The van der Waals surface area contributed by atoms with Gasteiger partial charge in [-0.2, -0.15) is 0 Å². The summed E-state index contributed by atoms with van der Waals surface area (Å²) in [6.07, 6.45) is 5.39. The van der Waals surface area contributed by atoms with Crippen molar-refractivity contribution in [3.63, 3.8) is 0 Å². The second kappa shape index (κ2) is 7.84. The number of nitrogens with zero attached hydrogens (tertiary/aromatic N) is 2. The van der Waals surface area contributed by atoms with Crippen molar-refractivity contribution in [3.8, 4) is 0 Å². The zero-order valence-corrected chi connectivity index (χ0v) is 17.9. The molecular weight excluding hydrogens is 356 g/mol. The summed E-state index contributed by atoms with van der Waals surface area (Å²) >= 11 is 0. The first-order valence-corrected chi connectivity index (χ1v) is 9.97. The van der Waals surface area contributed by atoms with Crippen molar-refractivity contribution in [1.82, 2.24) is 9.88 Å². The van der Waals surface area contributed by atoms with E-state index in [0.29, 0.717) is 19.7 Å². The van der Waals surface area contributed by atoms with Crippen LogP contribution in [-0.4, -0.2) is 53.2 Å². The lowest BCUT2D eigenvalue weighted by Gasteiger charge is -2.29. The van der Waals surface area contributed by atoms with Crippen LogP contribution in [0.25, 0.3) is 5.57 Å². The maximum absolute atomic E-state index is 12.2. The van der Waals surface area contributed by atoms with E-state index in [4.69, 9.17) is 19.2 Å². The van der Waals surface area contributed by atoms with E-state index in [1.54, 1.807) is 4.90 Å². The average Bonchev–Trinajstić information content (AvgIpc) is 2.92. The molecule has 0 bridgehead atoms. The zero-order valence-electron chi connectivity index (χ0n) is 17.9. The van der Waals surface area contributed by atoms with E-state index >= 15 is 0 Å². The van der Waals surface area contributed by atoms with Crippen molar-refractivity contribution >= 4 is 11.7 Å². The van der Waals surface area contributed by atoms with E-state index in [1.807, 2.05) is 40.8 Å². The summed E-state index contributed by atoms with van der Waals surface area (Å²) in [5.41, 5.74) is 4.02. The Kier molecular flexibility index (Phi) is 5.82. The minimum absolute atomic E-state index is 0.0679. The number of aryl methyl sites for hydroxylation is 1. The van der Waals surface area contributed by atoms with E-state index in [9.17, 15) is 4.79 Å². The van der Waals surface area contributed by atoms with Crippen molar-refractivity contribution in [2.45, 2.75) is 71.9 Å². The third kappa shape index (κ3) is 5.32. The molecule has 0 aromatic carbocycles. The summed E-state index contributed by atoms with van der Waals surface area (Å²) in [5, 5.41) is 0. The number of rotatable bonds is 3. The largest absolute Gasteiger partial charge is 0.444 e. The molecule has 154 valence electrons. The maximum Gasteiger partial charge on any atom is 0.410 e. The van der Waals surface area contributed by atoms with Crippen molar-refractivity contribution in [1.29, 1.82) is 0 Å². The molecule has 1 saturated heterocycles. The number of pyridine rings is 1. The average molecular weight is 389 g/mol. The molecule has 0 N–H and O–H groups in total. The predicted octanol–water partition coefficient (Wildman–Crippen LogP) is 4.11. The molecule has 1 aromatic heterocycles. The lowest BCUT2D eigenvalue weighted by Crippen LogP contribution is -2.39. The van der Waals surface area contributed by atoms with Crippen LogP contribution in [0.3, 0.4) is 0 Å². The second-order valence-corrected chi connectivity index (χ2v) is 9.07. The lowest BCUT2D eigenvalue weighted by molar-refractivity contribution is -0.138. The van der Waals surface area contributed by atoms with E-state index < -0.39 is 11.4 Å². The standard InChI is InChI=1S/C22H32N2O4/c1-15-11-16(12-18-14-26-22(5,6)27-18)13-23-19(15)17-7-9-24(10-8-17)20(25)28-21(2,3)4/h7,11,13,18H,8-10,12,14H2,1-6H3/t18-/m1/s1. The van der Waals surface area contributed by atoms with Crippen molar-refractivity contribution in [2.75, 3.05) is 19.7 Å². The van der Waals surface area contributed by atoms with Gasteiger partial charge in [0, 0.05) is 25.7 Å². The van der Waals surface area contributed by atoms with Crippen LogP contribution in [0.4, 0.5) is 4.79 Å². The van der Waals surface area contributed by atoms with Crippen LogP contribution < -0.4 is 0 Å². The number of hydrogen-bond acceptors (Lipinski definition) is 5. The summed E-state index contributed by atoms with van der Waals surface area (Å²) < 4.78 is 17.0. The molecule has 2 aliphatic rings. The number of carbonyl (C=O) groups excluding carboxylic acids is 1. The van der Waals surface area contributed by atoms with E-state index in [1.165, 1.54) is 5.57 Å². The monoisotopic (exact) mass is 388 g/mol. The van der Waals surface area contributed by atoms with Crippen LogP contribution in [0.1, 0.15) is 57.9 Å². The smallest absolute Gasteiger partial charge is 0.410 e. The van der Waals surface area contributed by atoms with Crippen LogP contribution >= 0.6 is 0 Å². The molecule has 1 atom stereocenters. The Balaban J connectivity index is 1.62. The molecule has 0 radical (unpaired) electrons. The van der Waals surface area contributed by atoms with Gasteiger partial charge in [-0.1, -0.05) is 12.1 Å². The summed E-state index contributed by atoms with van der Waals surface area (Å²) in [6, 6.07) is 2.18. The van der Waals surface area contributed by atoms with Crippen LogP contribution in [0.5, 0.6) is 0 Å². The molecule has 0 saturated carbocycles. The highest BCUT2D eigenvalue weighted by atomic mass is 16.7. The number of amides is 1. The summed E-state index contributed by atoms with van der Waals surface area (Å²) in [6.45, 7) is 13.4. The zero-order chi connectivity index (χ0) is 20.5. The molecule has 6 nitrogen and oxygen atoms in total. The molecule has 0 spiro atoms. The Bertz CT molecular complexity index is 764. The summed E-state index contributed by atoms with van der Waals surface area (Å²) in [7, 11) is 0. The molecule has 3 rings (SSSR count). The van der Waals surface area contributed by atoms with Gasteiger partial charge in [0.05, 0.1) is 18.4 Å². The van der Waals surface area contributed by atoms with E-state index in [2.05, 4.69) is 19.1 Å². The lowest BCUT2D eigenvalue weighted by atomic mass is 9.99. The van der Waals surface area contributed by atoms with Crippen LogP contribution in [-0.2, 0) is 20.6 Å². The van der Waals surface area contributed by atoms with E-state index in [-0.39, 0.29) is 12.2 Å². The fraction of sp³-hybridized carbons (Fsp3) is 0.636. The van der Waals surface area contributed by atoms with Gasteiger partial charge in [-0.25, -0.2) is 4.79 Å². The first-order valence-electron chi connectivity index (χ1n) is 9.97. The molecule has 1 aromatic rings. The first-order chi connectivity index (χ1) is 13.0. The van der Waals surface area contributed by atoms with Gasteiger partial charge in [0.1, 0.15) is 5.60 Å². The van der Waals surface area contributed by atoms with Gasteiger partial charge in [-0.15, -0.1) is 0 Å². The van der Waals surface area contributed by atoms with Crippen LogP contribution in [0.15, 0.2) is 18.3 Å². The third-order valence-electron chi connectivity index (χ3n) is 4.83. The van der Waals surface area contributed by atoms with Gasteiger partial charge in [-0.3, -0.25) is 4.98 Å². The number of ether oxygens (including phenoxy) is 3. The highest BCUT2D eigenvalue weighted by Gasteiger charge is 2.32. The van der Waals surface area contributed by atoms with Crippen molar-refractivity contribution in [2.24, 2.45) is 0 Å². The third-order valence-corrected chi connectivity index (χ3v) is 4.83. The number of aromatic nitrogens is 1. The Morgan fingerprint density at radius 1 is 1.39 bits per heavy atom. The van der Waals surface area contributed by atoms with Crippen molar-refractivity contribution < 1.29 is 19.0 Å². The summed E-state index contributed by atoms with van der Waals surface area (Å²) in [5.74, 6) is -0.500. The molecule has 0 aliphatic carbocycles. The van der Waals surface area contributed by atoms with Gasteiger partial charge >= 0.3 is 6.09 Å². The summed E-state index contributed by atoms with van der Waals surface area (Å²) in [4.78, 5) is 18.7. The molecule has 28 heavy (non-hydrogen) atoms. The molecule has 0 unspecified atom stereocenters. The van der Waals surface area contributed by atoms with Crippen LogP contribution in [0.2, 0.25) is 0 Å². The predicted molar refractivity (Wildman–Crippen MR) is 108 cm³/mol. The van der Waals surface area contributed by atoms with Gasteiger partial charge in [0.2, 0.25) is 0 Å². The molecule has 2 aliphatic heterocycles. The second-order valence-electron chi connectivity index (χ2n) is 9.07. The minimum atomic E-state index is -0.500. The molecule has 1 fully saturated rings. The Morgan fingerprint density at radius 3 is 2.68 bits per heavy atom. The van der Waals surface area contributed by atoms with Crippen molar-refractivity contribution in [3.05, 3.63) is 35.2 Å². The van der Waals surface area contributed by atoms with E-state index in [0.717, 1.165) is 29.7 Å². The molecule has 6 heteroatoms. The Labute approximate surface area is 167 Å². The van der Waals surface area contributed by atoms with Gasteiger partial charge in [-0.05, 0) is 64.7 Å². The normalized spacial score (nSPS) is 22.1. The minimum Gasteiger partial charge on any atom is -0.444 e. The Morgan fingerprint density at radius 2 is 2.14 bits per heavy atom. The highest BCUT2D eigenvalue weighted by Crippen LogP contribution is 2.27. The van der Waals surface area contributed by atoms with Gasteiger partial charge in [0.15, 0.2) is 5.79 Å². The highest BCUT2D eigenvalue weighted by molar-refractivity contribution is 5.72. The number of hydrogen-bond donors (Lipinski definition) is 0. The fourth-order valence-corrected chi connectivity index (χ4v) is 3.58. The SMILES string of the molecule is Cc1cc(C[C@@H]2COC(C)(C)O2)cnc1C1=CCN(C(=O)OC(C)(C)C)CC1. The molecular formula is C22H32N2O4. The topological polar surface area (TPSA) is 60.9 Å². The Hall–Kier alpha value is -1.92. The molecule has 3 heterocycles. The molecule has 1 amide bonds. The van der Waals surface area contributed by atoms with Gasteiger partial charge < -0.3 is 19.1 Å². The first kappa shape index (κ1) is 20.8. The maximum atomic E-state index is 12.2. The quantitative estimate of drug-likeness (QED) is 0.780.